The molecule has 0 bridgehead atoms. The Kier molecular flexibility index (Phi) is 8.86. The number of hydrogen-bond acceptors (Lipinski definition) is 11. The Morgan fingerprint density at radius 1 is 1.00 bits per heavy atom. The van der Waals surface area contributed by atoms with Gasteiger partial charge in [0.05, 0.1) is 12.8 Å². The first-order chi connectivity index (χ1) is 10.8. The smallest absolute Gasteiger partial charge is 0.367 e. The molecule has 0 aromatic heterocycles. The van der Waals surface area contributed by atoms with Crippen molar-refractivity contribution < 1.29 is 64.2 Å². The first kappa shape index (κ1) is 22.8. The van der Waals surface area contributed by atoms with Crippen molar-refractivity contribution in [1.82, 2.24) is 0 Å². The van der Waals surface area contributed by atoms with E-state index < -0.39 is 70.7 Å². The van der Waals surface area contributed by atoms with Crippen molar-refractivity contribution in [1.29, 1.82) is 0 Å². The molecule has 0 aliphatic carbocycles. The van der Waals surface area contributed by atoms with Crippen LogP contribution in [0.5, 0.6) is 0 Å². The number of rotatable bonds is 11. The average Bonchev–Trinajstić information content (AvgIpc) is 2.46. The second kappa shape index (κ2) is 9.33. The van der Waals surface area contributed by atoms with E-state index in [9.17, 15) is 45.4 Å². The first-order valence-corrected chi connectivity index (χ1v) is 7.62. The summed E-state index contributed by atoms with van der Waals surface area (Å²) in [6.07, 6.45) is -1.78. The zero-order chi connectivity index (χ0) is 19.0. The van der Waals surface area contributed by atoms with Crippen LogP contribution in [0.2, 0.25) is 0 Å². The van der Waals surface area contributed by atoms with Crippen molar-refractivity contribution in [3.05, 3.63) is 0 Å². The predicted octanol–water partition coefficient (Wildman–Crippen LogP) is -0.545. The fourth-order valence-corrected chi connectivity index (χ4v) is 1.27. The van der Waals surface area contributed by atoms with Crippen LogP contribution in [0.1, 0.15) is 12.8 Å². The summed E-state index contributed by atoms with van der Waals surface area (Å²) in [4.78, 5) is 22.0. The van der Waals surface area contributed by atoms with Crippen LogP contribution in [0.15, 0.2) is 0 Å². The molecule has 0 radical (unpaired) electrons. The van der Waals surface area contributed by atoms with Crippen LogP contribution in [0.25, 0.3) is 0 Å². The molecule has 0 fully saturated rings. The van der Waals surface area contributed by atoms with E-state index in [4.69, 9.17) is 0 Å². The van der Waals surface area contributed by atoms with Gasteiger partial charge in [0.25, 0.3) is 0 Å². The number of carbonyl (C=O) groups is 2. The monoisotopic (exact) mass is 404 g/mol. The summed E-state index contributed by atoms with van der Waals surface area (Å²) >= 11 is -0.748. The van der Waals surface area contributed by atoms with Crippen molar-refractivity contribution in [3.8, 4) is 0 Å². The molecule has 24 heavy (non-hydrogen) atoms. The summed E-state index contributed by atoms with van der Waals surface area (Å²) in [6, 6.07) is 0. The number of ether oxygens (including phenoxy) is 2. The van der Waals surface area contributed by atoms with Crippen LogP contribution in [0, 0.1) is 0 Å². The molecule has 142 valence electrons. The van der Waals surface area contributed by atoms with Gasteiger partial charge in [0.15, 0.2) is 23.3 Å². The number of alkyl halides is 4. The van der Waals surface area contributed by atoms with Crippen LogP contribution in [0.4, 0.5) is 17.6 Å². The summed E-state index contributed by atoms with van der Waals surface area (Å²) < 4.78 is 92.3. The van der Waals surface area contributed by atoms with Gasteiger partial charge in [-0.3, -0.25) is 14.6 Å². The molecule has 0 aliphatic heterocycles. The molecule has 10 nitrogen and oxygen atoms in total. The predicted molar refractivity (Wildman–Crippen MR) is 60.5 cm³/mol. The molecule has 0 aromatic rings. The highest BCUT2D eigenvalue weighted by Crippen LogP contribution is 2.29. The van der Waals surface area contributed by atoms with Gasteiger partial charge in [0, 0.05) is 0 Å². The van der Waals surface area contributed by atoms with Crippen molar-refractivity contribution in [2.24, 2.45) is 0 Å². The molecule has 0 aliphatic rings. The van der Waals surface area contributed by atoms with E-state index in [0.29, 0.717) is 0 Å². The molecule has 0 saturated heterocycles. The Morgan fingerprint density at radius 2 is 1.46 bits per heavy atom. The third-order valence-corrected chi connectivity index (χ3v) is 3.22. The summed E-state index contributed by atoms with van der Waals surface area (Å²) in [5.74, 6) is -2.86. The SMILES string of the molecule is O=C(CCC(=O)OCC(F)(F)S(=O)(=O)[O-])OCC(F)(F)SOO[O-]. The van der Waals surface area contributed by atoms with Crippen molar-refractivity contribution in [2.75, 3.05) is 13.2 Å². The first-order valence-electron chi connectivity index (χ1n) is 5.47. The summed E-state index contributed by atoms with van der Waals surface area (Å²) in [5, 5.41) is 3.29. The Labute approximate surface area is 135 Å². The van der Waals surface area contributed by atoms with E-state index in [1.807, 2.05) is 0 Å². The zero-order valence-corrected chi connectivity index (χ0v) is 12.9. The topological polar surface area (TPSA) is 151 Å². The van der Waals surface area contributed by atoms with E-state index >= 15 is 0 Å². The van der Waals surface area contributed by atoms with E-state index in [1.54, 1.807) is 0 Å². The molecule has 0 rings (SSSR count). The lowest BCUT2D eigenvalue weighted by molar-refractivity contribution is -0.777. The molecular weight excluding hydrogens is 396 g/mol. The summed E-state index contributed by atoms with van der Waals surface area (Å²) in [7, 11) is -6.04. The normalized spacial score (nSPS) is 12.8. The quantitative estimate of drug-likeness (QED) is 0.109. The Bertz CT molecular complexity index is 537. The summed E-state index contributed by atoms with van der Waals surface area (Å²) in [6.45, 7) is -3.62. The van der Waals surface area contributed by atoms with Crippen molar-refractivity contribution in [3.63, 3.8) is 0 Å². The third-order valence-electron chi connectivity index (χ3n) is 1.89. The van der Waals surface area contributed by atoms with E-state index in [-0.39, 0.29) is 0 Å². The number of hydrogen-bond donors (Lipinski definition) is 0. The van der Waals surface area contributed by atoms with E-state index in [1.165, 1.54) is 0 Å². The second-order valence-corrected chi connectivity index (χ2v) is 6.18. The molecule has 0 aromatic carbocycles. The highest BCUT2D eigenvalue weighted by Gasteiger charge is 2.39. The number of esters is 2. The van der Waals surface area contributed by atoms with Crippen molar-refractivity contribution >= 4 is 34.1 Å². The molecule has 0 amide bonds. The largest absolute Gasteiger partial charge is 0.743 e. The van der Waals surface area contributed by atoms with Gasteiger partial charge in [-0.05, 0) is 0 Å². The maximum absolute atomic E-state index is 12.8. The van der Waals surface area contributed by atoms with Crippen molar-refractivity contribution in [2.45, 2.75) is 23.4 Å². The fourth-order valence-electron chi connectivity index (χ4n) is 0.837. The van der Waals surface area contributed by atoms with Gasteiger partial charge in [0.2, 0.25) is 0 Å². The molecular formula is C8H8F4O10S2-2. The lowest BCUT2D eigenvalue weighted by Crippen LogP contribution is -2.34. The molecule has 0 spiro atoms. The minimum absolute atomic E-state index is 0.748. The fraction of sp³-hybridized carbons (Fsp3) is 0.750. The lowest BCUT2D eigenvalue weighted by Gasteiger charge is -2.19. The van der Waals surface area contributed by atoms with Gasteiger partial charge in [-0.25, -0.2) is 8.42 Å². The highest BCUT2D eigenvalue weighted by molar-refractivity contribution is 7.95. The minimum atomic E-state index is -6.04. The molecule has 0 heterocycles. The number of halogens is 4. The average molecular weight is 404 g/mol. The second-order valence-electron chi connectivity index (χ2n) is 3.77. The number of carbonyl (C=O) groups excluding carboxylic acids is 2. The van der Waals surface area contributed by atoms with Gasteiger partial charge in [-0.2, -0.15) is 21.9 Å². The summed E-state index contributed by atoms with van der Waals surface area (Å²) in [5.41, 5.74) is 0. The Morgan fingerprint density at radius 3 is 1.88 bits per heavy atom. The molecule has 16 heteroatoms. The van der Waals surface area contributed by atoms with Crippen LogP contribution in [0.3, 0.4) is 0 Å². The molecule has 0 N–H and O–H groups in total. The standard InChI is InChI=1S/C8H10F4O10S2/c9-7(10,23-22-21-15)3-19-5(13)1-2-6(14)20-4-8(11,12)24(16,17)18/h15H,1-4H2,(H,16,17,18)/p-2. The van der Waals surface area contributed by atoms with Gasteiger partial charge in [0.1, 0.15) is 12.0 Å². The van der Waals surface area contributed by atoms with Gasteiger partial charge < -0.3 is 19.3 Å². The van der Waals surface area contributed by atoms with Gasteiger partial charge in [-0.1, -0.05) is 0 Å². The van der Waals surface area contributed by atoms with Crippen LogP contribution in [-0.4, -0.2) is 48.6 Å². The van der Waals surface area contributed by atoms with Gasteiger partial charge >= 0.3 is 22.4 Å². The molecule has 0 unspecified atom stereocenters. The van der Waals surface area contributed by atoms with E-state index in [0.717, 1.165) is 0 Å². The maximum Gasteiger partial charge on any atom is 0.367 e. The van der Waals surface area contributed by atoms with Crippen LogP contribution < -0.4 is 5.26 Å². The molecule has 0 saturated carbocycles. The van der Waals surface area contributed by atoms with Crippen LogP contribution in [-0.2, 0) is 38.6 Å². The maximum atomic E-state index is 12.8. The molecule has 0 atom stereocenters. The Balaban J connectivity index is 4.13. The highest BCUT2D eigenvalue weighted by atomic mass is 32.2. The van der Waals surface area contributed by atoms with Gasteiger partial charge in [-0.15, -0.1) is 0 Å². The lowest BCUT2D eigenvalue weighted by atomic mass is 10.3. The Hall–Kier alpha value is -1.20. The third kappa shape index (κ3) is 9.18. The minimum Gasteiger partial charge on any atom is -0.743 e. The van der Waals surface area contributed by atoms with E-state index in [2.05, 4.69) is 18.8 Å². The van der Waals surface area contributed by atoms with Crippen LogP contribution >= 0.6 is 12.0 Å². The zero-order valence-electron chi connectivity index (χ0n) is 11.2.